The molecule has 1 spiro atoms. The van der Waals surface area contributed by atoms with Gasteiger partial charge >= 0.3 is 0 Å². The summed E-state index contributed by atoms with van der Waals surface area (Å²) < 4.78 is 5.32. The molecule has 1 saturated heterocycles. The molecule has 1 unspecified atom stereocenters. The highest BCUT2D eigenvalue weighted by Crippen LogP contribution is 2.38. The summed E-state index contributed by atoms with van der Waals surface area (Å²) in [5.74, 6) is 0.803. The summed E-state index contributed by atoms with van der Waals surface area (Å²) in [5.41, 5.74) is 1.02. The zero-order valence-electron chi connectivity index (χ0n) is 11.5. The third-order valence-corrected chi connectivity index (χ3v) is 4.59. The van der Waals surface area contributed by atoms with Crippen LogP contribution in [0.3, 0.4) is 0 Å². The number of hydrogen-bond acceptors (Lipinski definition) is 3. The number of carbonyl (C=O) groups is 1. The van der Waals surface area contributed by atoms with Gasteiger partial charge in [0.1, 0.15) is 5.76 Å². The van der Waals surface area contributed by atoms with Gasteiger partial charge in [-0.25, -0.2) is 0 Å². The van der Waals surface area contributed by atoms with Gasteiger partial charge < -0.3 is 15.1 Å². The van der Waals surface area contributed by atoms with E-state index in [4.69, 9.17) is 4.42 Å². The molecule has 1 saturated carbocycles. The quantitative estimate of drug-likeness (QED) is 0.878. The van der Waals surface area contributed by atoms with Gasteiger partial charge in [-0.2, -0.15) is 0 Å². The summed E-state index contributed by atoms with van der Waals surface area (Å²) in [7, 11) is 0. The molecule has 1 atom stereocenters. The lowest BCUT2D eigenvalue weighted by atomic mass is 9.70. The van der Waals surface area contributed by atoms with E-state index in [1.807, 2.05) is 6.92 Å². The second kappa shape index (κ2) is 5.00. The molecule has 2 N–H and O–H groups in total. The number of rotatable bonds is 3. The number of carbonyl (C=O) groups excluding carboxylic acids is 1. The third-order valence-electron chi connectivity index (χ3n) is 4.59. The molecule has 1 aromatic heterocycles. The Balaban J connectivity index is 1.63. The Morgan fingerprint density at radius 3 is 3.11 bits per heavy atom. The van der Waals surface area contributed by atoms with Crippen LogP contribution in [-0.2, 0) is 6.42 Å². The van der Waals surface area contributed by atoms with E-state index in [0.717, 1.165) is 31.6 Å². The van der Waals surface area contributed by atoms with E-state index in [2.05, 4.69) is 10.6 Å². The van der Waals surface area contributed by atoms with Crippen molar-refractivity contribution in [2.45, 2.75) is 57.0 Å². The number of aryl methyl sites for hydroxylation is 1. The Morgan fingerprint density at radius 1 is 1.58 bits per heavy atom. The first-order valence-corrected chi connectivity index (χ1v) is 7.35. The second-order valence-corrected chi connectivity index (χ2v) is 5.83. The first-order chi connectivity index (χ1) is 9.22. The maximum Gasteiger partial charge on any atom is 0.255 e. The van der Waals surface area contributed by atoms with Gasteiger partial charge in [-0.15, -0.1) is 0 Å². The van der Waals surface area contributed by atoms with Crippen LogP contribution < -0.4 is 10.6 Å². The van der Waals surface area contributed by atoms with E-state index in [1.165, 1.54) is 19.3 Å². The summed E-state index contributed by atoms with van der Waals surface area (Å²) in [6.07, 6.45) is 8.27. The van der Waals surface area contributed by atoms with Gasteiger partial charge in [0.15, 0.2) is 0 Å². The molecule has 1 aliphatic heterocycles. The van der Waals surface area contributed by atoms with Crippen LogP contribution in [0.2, 0.25) is 0 Å². The minimum Gasteiger partial charge on any atom is -0.469 e. The minimum absolute atomic E-state index is 0.0203. The van der Waals surface area contributed by atoms with Crippen LogP contribution in [0, 0.1) is 0 Å². The predicted octanol–water partition coefficient (Wildman–Crippen LogP) is 2.25. The van der Waals surface area contributed by atoms with E-state index in [9.17, 15) is 4.79 Å². The lowest BCUT2D eigenvalue weighted by Crippen LogP contribution is -2.59. The van der Waals surface area contributed by atoms with Crippen molar-refractivity contribution in [3.63, 3.8) is 0 Å². The van der Waals surface area contributed by atoms with Crippen LogP contribution in [-0.4, -0.2) is 24.0 Å². The van der Waals surface area contributed by atoms with Crippen LogP contribution in [0.4, 0.5) is 0 Å². The Morgan fingerprint density at radius 2 is 2.42 bits per heavy atom. The van der Waals surface area contributed by atoms with Crippen molar-refractivity contribution >= 4 is 5.91 Å². The van der Waals surface area contributed by atoms with E-state index in [0.29, 0.717) is 17.1 Å². The van der Waals surface area contributed by atoms with E-state index in [1.54, 1.807) is 12.3 Å². The Kier molecular flexibility index (Phi) is 3.35. The summed E-state index contributed by atoms with van der Waals surface area (Å²) in [5, 5.41) is 6.80. The number of nitrogens with one attached hydrogen (secondary N) is 2. The monoisotopic (exact) mass is 262 g/mol. The third kappa shape index (κ3) is 2.41. The average Bonchev–Trinajstić information content (AvgIpc) is 2.85. The maximum absolute atomic E-state index is 12.3. The molecule has 0 bridgehead atoms. The Labute approximate surface area is 113 Å². The molecule has 0 aromatic carbocycles. The zero-order valence-corrected chi connectivity index (χ0v) is 11.5. The minimum atomic E-state index is 0.0203. The highest BCUT2D eigenvalue weighted by atomic mass is 16.3. The summed E-state index contributed by atoms with van der Waals surface area (Å²) in [6, 6.07) is 2.07. The van der Waals surface area contributed by atoms with Gasteiger partial charge in [0.05, 0.1) is 11.8 Å². The van der Waals surface area contributed by atoms with Crippen molar-refractivity contribution in [2.24, 2.45) is 0 Å². The highest BCUT2D eigenvalue weighted by molar-refractivity contribution is 5.95. The van der Waals surface area contributed by atoms with Gasteiger partial charge in [-0.05, 0) is 44.7 Å². The standard InChI is InChI=1S/C15H22N2O2/c1-2-13-12(5-9-19-13)14(18)17-11-4-8-16-15(10-11)6-3-7-15/h5,9,11,16H,2-4,6-8,10H2,1H3,(H,17,18). The van der Waals surface area contributed by atoms with Crippen molar-refractivity contribution in [2.75, 3.05) is 6.54 Å². The van der Waals surface area contributed by atoms with Crippen LogP contribution >= 0.6 is 0 Å². The molecule has 19 heavy (non-hydrogen) atoms. The largest absolute Gasteiger partial charge is 0.469 e. The fourth-order valence-corrected chi connectivity index (χ4v) is 3.34. The molecule has 1 amide bonds. The van der Waals surface area contributed by atoms with Crippen LogP contribution in [0.5, 0.6) is 0 Å². The maximum atomic E-state index is 12.3. The van der Waals surface area contributed by atoms with Gasteiger partial charge in [0.2, 0.25) is 0 Å². The van der Waals surface area contributed by atoms with Crippen molar-refractivity contribution in [1.29, 1.82) is 0 Å². The topological polar surface area (TPSA) is 54.3 Å². The summed E-state index contributed by atoms with van der Waals surface area (Å²) in [4.78, 5) is 12.3. The highest BCUT2D eigenvalue weighted by Gasteiger charge is 2.41. The van der Waals surface area contributed by atoms with Gasteiger partial charge in [-0.1, -0.05) is 6.92 Å². The molecule has 2 aliphatic rings. The van der Waals surface area contributed by atoms with E-state index < -0.39 is 0 Å². The number of amides is 1. The normalized spacial score (nSPS) is 25.0. The van der Waals surface area contributed by atoms with Crippen molar-refractivity contribution in [3.8, 4) is 0 Å². The van der Waals surface area contributed by atoms with Gasteiger partial charge in [0.25, 0.3) is 5.91 Å². The molecule has 4 nitrogen and oxygen atoms in total. The summed E-state index contributed by atoms with van der Waals surface area (Å²) in [6.45, 7) is 3.01. The van der Waals surface area contributed by atoms with Crippen molar-refractivity contribution in [3.05, 3.63) is 23.7 Å². The van der Waals surface area contributed by atoms with Gasteiger partial charge in [-0.3, -0.25) is 4.79 Å². The number of furan rings is 1. The number of piperidine rings is 1. The van der Waals surface area contributed by atoms with E-state index in [-0.39, 0.29) is 5.91 Å². The Hall–Kier alpha value is -1.29. The van der Waals surface area contributed by atoms with Gasteiger partial charge in [0, 0.05) is 18.0 Å². The molecule has 2 heterocycles. The first-order valence-electron chi connectivity index (χ1n) is 7.35. The zero-order chi connectivity index (χ0) is 13.3. The SMILES string of the molecule is CCc1occc1C(=O)NC1CCNC2(CCC2)C1. The summed E-state index contributed by atoms with van der Waals surface area (Å²) >= 11 is 0. The molecule has 3 rings (SSSR count). The molecule has 1 aliphatic carbocycles. The molecule has 2 fully saturated rings. The fraction of sp³-hybridized carbons (Fsp3) is 0.667. The van der Waals surface area contributed by atoms with Crippen LogP contribution in [0.1, 0.15) is 55.1 Å². The first kappa shape index (κ1) is 12.7. The lowest BCUT2D eigenvalue weighted by molar-refractivity contribution is 0.0851. The van der Waals surface area contributed by atoms with E-state index >= 15 is 0 Å². The van der Waals surface area contributed by atoms with Crippen LogP contribution in [0.25, 0.3) is 0 Å². The average molecular weight is 262 g/mol. The van der Waals surface area contributed by atoms with Crippen LogP contribution in [0.15, 0.2) is 16.7 Å². The van der Waals surface area contributed by atoms with Crippen molar-refractivity contribution in [1.82, 2.24) is 10.6 Å². The predicted molar refractivity (Wildman–Crippen MR) is 73.2 cm³/mol. The molecule has 104 valence electrons. The lowest BCUT2D eigenvalue weighted by Gasteiger charge is -2.48. The molecular weight excluding hydrogens is 240 g/mol. The molecular formula is C15H22N2O2. The smallest absolute Gasteiger partial charge is 0.255 e. The fourth-order valence-electron chi connectivity index (χ4n) is 3.34. The van der Waals surface area contributed by atoms with Crippen molar-refractivity contribution < 1.29 is 9.21 Å². The number of hydrogen-bond donors (Lipinski definition) is 2. The molecule has 4 heteroatoms. The second-order valence-electron chi connectivity index (χ2n) is 5.83. The molecule has 1 aromatic rings. The molecule has 0 radical (unpaired) electrons. The Bertz CT molecular complexity index is 462.